The molecule has 3 N–H and O–H groups in total. The molecule has 1 atom stereocenters. The minimum Gasteiger partial charge on any atom is -0.383 e. The quantitative estimate of drug-likeness (QED) is 0.861. The van der Waals surface area contributed by atoms with Crippen molar-refractivity contribution in [3.05, 3.63) is 23.9 Å². The van der Waals surface area contributed by atoms with Crippen LogP contribution in [0.4, 0.5) is 5.82 Å². The van der Waals surface area contributed by atoms with Crippen molar-refractivity contribution >= 4 is 11.7 Å². The highest BCUT2D eigenvalue weighted by Crippen LogP contribution is 2.26. The van der Waals surface area contributed by atoms with E-state index in [4.69, 9.17) is 5.73 Å². The number of pyridine rings is 1. The Kier molecular flexibility index (Phi) is 5.13. The molecular weight excluding hydrogens is 290 g/mol. The highest BCUT2D eigenvalue weighted by molar-refractivity contribution is 5.82. The van der Waals surface area contributed by atoms with Gasteiger partial charge in [-0.15, -0.1) is 0 Å². The molecule has 2 aliphatic rings. The van der Waals surface area contributed by atoms with Crippen LogP contribution in [0.1, 0.15) is 31.2 Å². The van der Waals surface area contributed by atoms with E-state index >= 15 is 0 Å². The van der Waals surface area contributed by atoms with Crippen molar-refractivity contribution < 1.29 is 4.79 Å². The molecule has 0 spiro atoms. The molecule has 2 fully saturated rings. The van der Waals surface area contributed by atoms with Crippen LogP contribution in [0.2, 0.25) is 0 Å². The Bertz CT molecular complexity index is 542. The van der Waals surface area contributed by atoms with Crippen molar-refractivity contribution in [2.75, 3.05) is 32.4 Å². The third-order valence-corrected chi connectivity index (χ3v) is 5.13. The van der Waals surface area contributed by atoms with Crippen LogP contribution < -0.4 is 11.1 Å². The largest absolute Gasteiger partial charge is 0.383 e. The Hall–Kier alpha value is -1.66. The summed E-state index contributed by atoms with van der Waals surface area (Å²) in [5, 5.41) is 3.05. The molecule has 3 heterocycles. The van der Waals surface area contributed by atoms with E-state index in [0.717, 1.165) is 50.9 Å². The molecule has 1 aromatic heterocycles. The fourth-order valence-electron chi connectivity index (χ4n) is 3.73. The molecule has 3 rings (SSSR count). The number of carbonyl (C=O) groups is 1. The Balaban J connectivity index is 1.57. The molecule has 126 valence electrons. The minimum atomic E-state index is 0.0151. The normalized spacial score (nSPS) is 24.0. The van der Waals surface area contributed by atoms with Crippen LogP contribution in [0.15, 0.2) is 18.3 Å². The van der Waals surface area contributed by atoms with Gasteiger partial charge >= 0.3 is 0 Å². The van der Waals surface area contributed by atoms with Gasteiger partial charge in [-0.05, 0) is 58.4 Å². The number of nitrogen functional groups attached to an aromatic ring is 1. The number of hydrogen-bond acceptors (Lipinski definition) is 5. The maximum absolute atomic E-state index is 12.6. The number of likely N-dealkylation sites (tertiary alicyclic amines) is 2. The first-order chi connectivity index (χ1) is 11.1. The van der Waals surface area contributed by atoms with Crippen LogP contribution in [0, 0.1) is 0 Å². The highest BCUT2D eigenvalue weighted by Gasteiger charge is 2.36. The molecule has 2 saturated heterocycles. The van der Waals surface area contributed by atoms with Gasteiger partial charge in [0.25, 0.3) is 0 Å². The molecule has 1 unspecified atom stereocenters. The summed E-state index contributed by atoms with van der Waals surface area (Å²) in [6.07, 6.45) is 6.06. The number of piperidine rings is 1. The number of amides is 1. The first-order valence-corrected chi connectivity index (χ1v) is 8.56. The standard InChI is InChI=1S/C17H27N5O/c1-21-10-6-14(7-11-21)22-9-3-5-15(22)17(23)20-12-13-4-2-8-19-16(13)18/h2,4,8,14-15H,3,5-7,9-12H2,1H3,(H2,18,19)(H,20,23). The summed E-state index contributed by atoms with van der Waals surface area (Å²) in [5.74, 6) is 0.621. The Morgan fingerprint density at radius 1 is 1.35 bits per heavy atom. The van der Waals surface area contributed by atoms with E-state index in [1.807, 2.05) is 12.1 Å². The van der Waals surface area contributed by atoms with Gasteiger partial charge in [0.2, 0.25) is 5.91 Å². The maximum Gasteiger partial charge on any atom is 0.237 e. The van der Waals surface area contributed by atoms with Crippen LogP contribution in [-0.2, 0) is 11.3 Å². The van der Waals surface area contributed by atoms with Gasteiger partial charge in [-0.2, -0.15) is 0 Å². The second-order valence-corrected chi connectivity index (χ2v) is 6.70. The van der Waals surface area contributed by atoms with Crippen LogP contribution >= 0.6 is 0 Å². The number of nitrogens with two attached hydrogens (primary N) is 1. The van der Waals surface area contributed by atoms with E-state index < -0.39 is 0 Å². The van der Waals surface area contributed by atoms with Gasteiger partial charge in [0.15, 0.2) is 0 Å². The average molecular weight is 317 g/mol. The molecule has 23 heavy (non-hydrogen) atoms. The number of aromatic nitrogens is 1. The molecule has 0 radical (unpaired) electrons. The second-order valence-electron chi connectivity index (χ2n) is 6.70. The summed E-state index contributed by atoms with van der Waals surface area (Å²) in [6, 6.07) is 4.32. The predicted octanol–water partition coefficient (Wildman–Crippen LogP) is 0.839. The molecular formula is C17H27N5O. The Morgan fingerprint density at radius 2 is 2.13 bits per heavy atom. The second kappa shape index (κ2) is 7.27. The van der Waals surface area contributed by atoms with Crippen molar-refractivity contribution in [2.24, 2.45) is 0 Å². The predicted molar refractivity (Wildman–Crippen MR) is 90.7 cm³/mol. The third-order valence-electron chi connectivity index (χ3n) is 5.13. The molecule has 0 saturated carbocycles. The van der Waals surface area contributed by atoms with E-state index in [9.17, 15) is 4.79 Å². The van der Waals surface area contributed by atoms with Crippen LogP contribution in [0.5, 0.6) is 0 Å². The monoisotopic (exact) mass is 317 g/mol. The van der Waals surface area contributed by atoms with Gasteiger partial charge < -0.3 is 16.0 Å². The average Bonchev–Trinajstić information content (AvgIpc) is 3.04. The number of anilines is 1. The summed E-state index contributed by atoms with van der Waals surface area (Å²) < 4.78 is 0. The van der Waals surface area contributed by atoms with Crippen LogP contribution in [-0.4, -0.2) is 59.5 Å². The van der Waals surface area contributed by atoms with Crippen molar-refractivity contribution in [2.45, 2.75) is 44.3 Å². The van der Waals surface area contributed by atoms with Crippen molar-refractivity contribution in [3.8, 4) is 0 Å². The van der Waals surface area contributed by atoms with E-state index in [1.54, 1.807) is 6.20 Å². The zero-order valence-corrected chi connectivity index (χ0v) is 13.9. The molecule has 0 aliphatic carbocycles. The SMILES string of the molecule is CN1CCC(N2CCCC2C(=O)NCc2cccnc2N)CC1. The van der Waals surface area contributed by atoms with Gasteiger partial charge in [0.1, 0.15) is 5.82 Å². The summed E-state index contributed by atoms with van der Waals surface area (Å²) >= 11 is 0. The maximum atomic E-state index is 12.6. The van der Waals surface area contributed by atoms with Crippen molar-refractivity contribution in [1.82, 2.24) is 20.1 Å². The van der Waals surface area contributed by atoms with E-state index in [-0.39, 0.29) is 11.9 Å². The zero-order valence-electron chi connectivity index (χ0n) is 13.9. The lowest BCUT2D eigenvalue weighted by Crippen LogP contribution is -2.50. The van der Waals surface area contributed by atoms with Gasteiger partial charge in [-0.1, -0.05) is 6.07 Å². The summed E-state index contributed by atoms with van der Waals surface area (Å²) in [5.41, 5.74) is 6.72. The summed E-state index contributed by atoms with van der Waals surface area (Å²) in [6.45, 7) is 3.75. The number of carbonyl (C=O) groups excluding carboxylic acids is 1. The molecule has 1 amide bonds. The third kappa shape index (κ3) is 3.82. The lowest BCUT2D eigenvalue weighted by atomic mass is 10.0. The van der Waals surface area contributed by atoms with Gasteiger partial charge in [0, 0.05) is 24.3 Å². The minimum absolute atomic E-state index is 0.0151. The first-order valence-electron chi connectivity index (χ1n) is 8.56. The number of rotatable bonds is 4. The van der Waals surface area contributed by atoms with Crippen LogP contribution in [0.3, 0.4) is 0 Å². The van der Waals surface area contributed by atoms with Gasteiger partial charge in [-0.25, -0.2) is 4.98 Å². The smallest absolute Gasteiger partial charge is 0.237 e. The molecule has 1 aromatic rings. The molecule has 0 aromatic carbocycles. The summed E-state index contributed by atoms with van der Waals surface area (Å²) in [7, 11) is 2.17. The molecule has 6 heteroatoms. The fourth-order valence-corrected chi connectivity index (χ4v) is 3.73. The zero-order chi connectivity index (χ0) is 16.2. The topological polar surface area (TPSA) is 74.5 Å². The van der Waals surface area contributed by atoms with E-state index in [2.05, 4.69) is 27.1 Å². The molecule has 0 bridgehead atoms. The Labute approximate surface area is 138 Å². The van der Waals surface area contributed by atoms with Crippen molar-refractivity contribution in [1.29, 1.82) is 0 Å². The van der Waals surface area contributed by atoms with Gasteiger partial charge in [-0.3, -0.25) is 9.69 Å². The van der Waals surface area contributed by atoms with Crippen LogP contribution in [0.25, 0.3) is 0 Å². The van der Waals surface area contributed by atoms with Crippen molar-refractivity contribution in [3.63, 3.8) is 0 Å². The number of nitrogens with zero attached hydrogens (tertiary/aromatic N) is 3. The Morgan fingerprint density at radius 3 is 2.87 bits per heavy atom. The molecule has 6 nitrogen and oxygen atoms in total. The first kappa shape index (κ1) is 16.2. The number of hydrogen-bond donors (Lipinski definition) is 2. The van der Waals surface area contributed by atoms with Gasteiger partial charge in [0.05, 0.1) is 6.04 Å². The molecule has 2 aliphatic heterocycles. The lowest BCUT2D eigenvalue weighted by molar-refractivity contribution is -0.126. The van der Waals surface area contributed by atoms with E-state index in [0.29, 0.717) is 18.4 Å². The van der Waals surface area contributed by atoms with E-state index in [1.165, 1.54) is 0 Å². The highest BCUT2D eigenvalue weighted by atomic mass is 16.2. The lowest BCUT2D eigenvalue weighted by Gasteiger charge is -2.37. The summed E-state index contributed by atoms with van der Waals surface area (Å²) in [4.78, 5) is 21.5. The number of nitrogens with one attached hydrogen (secondary N) is 1. The fraction of sp³-hybridized carbons (Fsp3) is 0.647.